The first-order valence-corrected chi connectivity index (χ1v) is 8.26. The van der Waals surface area contributed by atoms with E-state index in [0.29, 0.717) is 21.4 Å². The fraction of sp³-hybridized carbons (Fsp3) is 0.222. The Hall–Kier alpha value is -2.44. The summed E-state index contributed by atoms with van der Waals surface area (Å²) in [5, 5.41) is 18.3. The molecule has 2 amide bonds. The zero-order valence-corrected chi connectivity index (χ0v) is 16.3. The molecule has 0 heterocycles. The maximum atomic E-state index is 10.7. The van der Waals surface area contributed by atoms with Crippen LogP contribution in [0.25, 0.3) is 0 Å². The van der Waals surface area contributed by atoms with Gasteiger partial charge in [0, 0.05) is 14.1 Å². The van der Waals surface area contributed by atoms with Crippen molar-refractivity contribution in [1.82, 2.24) is 0 Å². The van der Waals surface area contributed by atoms with E-state index in [0.717, 1.165) is 20.9 Å². The molecule has 0 spiro atoms. The Morgan fingerprint density at radius 2 is 1.27 bits per heavy atom. The summed E-state index contributed by atoms with van der Waals surface area (Å²) in [5.74, 6) is 0. The van der Waals surface area contributed by atoms with Crippen LogP contribution in [0.2, 0.25) is 10.0 Å². The lowest BCUT2D eigenvalue weighted by Gasteiger charge is -2.16. The van der Waals surface area contributed by atoms with E-state index in [1.165, 1.54) is 14.1 Å². The lowest BCUT2D eigenvalue weighted by Crippen LogP contribution is -2.24. The predicted octanol–water partition coefficient (Wildman–Crippen LogP) is 5.53. The zero-order valence-electron chi connectivity index (χ0n) is 14.8. The van der Waals surface area contributed by atoms with E-state index in [1.54, 1.807) is 36.4 Å². The summed E-state index contributed by atoms with van der Waals surface area (Å²) in [6, 6.07) is 10.3. The van der Waals surface area contributed by atoms with Gasteiger partial charge in [0.25, 0.3) is 0 Å². The predicted molar refractivity (Wildman–Crippen MR) is 105 cm³/mol. The van der Waals surface area contributed by atoms with Gasteiger partial charge >= 0.3 is 12.2 Å². The van der Waals surface area contributed by atoms with Gasteiger partial charge in [0.2, 0.25) is 0 Å². The smallest absolute Gasteiger partial charge is 0.411 e. The van der Waals surface area contributed by atoms with E-state index in [9.17, 15) is 9.59 Å². The number of para-hydroxylation sites is 1. The Morgan fingerprint density at radius 1 is 0.808 bits per heavy atom. The Labute approximate surface area is 162 Å². The van der Waals surface area contributed by atoms with E-state index in [4.69, 9.17) is 33.4 Å². The van der Waals surface area contributed by atoms with Crippen LogP contribution in [0, 0.1) is 13.8 Å². The number of nitrogens with zero attached hydrogens (tertiary/aromatic N) is 2. The highest BCUT2D eigenvalue weighted by Gasteiger charge is 2.13. The zero-order chi connectivity index (χ0) is 20.0. The molecule has 0 atom stereocenters. The van der Waals surface area contributed by atoms with Gasteiger partial charge in [-0.2, -0.15) is 0 Å². The first kappa shape index (κ1) is 21.6. The van der Waals surface area contributed by atoms with Crippen LogP contribution >= 0.6 is 23.2 Å². The van der Waals surface area contributed by atoms with Gasteiger partial charge in [0.05, 0.1) is 21.4 Å². The monoisotopic (exact) mass is 398 g/mol. The second-order valence-electron chi connectivity index (χ2n) is 5.52. The van der Waals surface area contributed by atoms with Crippen LogP contribution in [0.15, 0.2) is 36.4 Å². The number of rotatable bonds is 2. The third kappa shape index (κ3) is 5.54. The van der Waals surface area contributed by atoms with Crippen LogP contribution in [-0.4, -0.2) is 36.5 Å². The number of carbonyl (C=O) groups is 2. The number of hydrogen-bond acceptors (Lipinski definition) is 2. The molecule has 8 heteroatoms. The summed E-state index contributed by atoms with van der Waals surface area (Å²) in [7, 11) is 2.92. The number of carboxylic acid groups (broad SMARTS) is 2. The minimum absolute atomic E-state index is 0.433. The van der Waals surface area contributed by atoms with Crippen molar-refractivity contribution in [2.24, 2.45) is 0 Å². The standard InChI is InChI=1S/C10H12ClNO2.C8H8ClNO2/c1-6-4-8(11)9(5-7(6)2)12(3)10(13)14;1-10(8(11)12)7-5-3-2-4-6(7)9/h4-5H,1-3H3,(H,13,14);2-5H,1H3,(H,11,12). The fourth-order valence-electron chi connectivity index (χ4n) is 1.95. The van der Waals surface area contributed by atoms with Crippen molar-refractivity contribution < 1.29 is 19.8 Å². The lowest BCUT2D eigenvalue weighted by atomic mass is 10.1. The minimum Gasteiger partial charge on any atom is -0.465 e. The minimum atomic E-state index is -1.02. The van der Waals surface area contributed by atoms with E-state index in [-0.39, 0.29) is 0 Å². The number of anilines is 2. The van der Waals surface area contributed by atoms with E-state index in [1.807, 2.05) is 13.8 Å². The molecule has 2 N–H and O–H groups in total. The van der Waals surface area contributed by atoms with Gasteiger partial charge in [-0.15, -0.1) is 0 Å². The van der Waals surface area contributed by atoms with Gasteiger partial charge in [0.15, 0.2) is 0 Å². The fourth-order valence-corrected chi connectivity index (χ4v) is 2.56. The van der Waals surface area contributed by atoms with Crippen molar-refractivity contribution >= 4 is 46.8 Å². The number of benzene rings is 2. The van der Waals surface area contributed by atoms with Crippen LogP contribution in [0.1, 0.15) is 11.1 Å². The van der Waals surface area contributed by atoms with Crippen LogP contribution in [0.3, 0.4) is 0 Å². The molecule has 140 valence electrons. The van der Waals surface area contributed by atoms with Crippen LogP contribution < -0.4 is 9.80 Å². The van der Waals surface area contributed by atoms with Crippen LogP contribution in [-0.2, 0) is 0 Å². The second kappa shape index (κ2) is 9.31. The highest BCUT2D eigenvalue weighted by atomic mass is 35.5. The number of halogens is 2. The van der Waals surface area contributed by atoms with E-state index < -0.39 is 12.2 Å². The Bertz CT molecular complexity index is 812. The van der Waals surface area contributed by atoms with Gasteiger partial charge in [0.1, 0.15) is 0 Å². The maximum Gasteiger partial charge on any atom is 0.411 e. The molecule has 0 fully saturated rings. The van der Waals surface area contributed by atoms with Crippen molar-refractivity contribution in [1.29, 1.82) is 0 Å². The second-order valence-corrected chi connectivity index (χ2v) is 6.34. The quantitative estimate of drug-likeness (QED) is 0.696. The largest absolute Gasteiger partial charge is 0.465 e. The van der Waals surface area contributed by atoms with Crippen molar-refractivity contribution in [3.8, 4) is 0 Å². The summed E-state index contributed by atoms with van der Waals surface area (Å²) in [6.45, 7) is 3.86. The van der Waals surface area contributed by atoms with Crippen molar-refractivity contribution in [2.45, 2.75) is 13.8 Å². The maximum absolute atomic E-state index is 10.7. The van der Waals surface area contributed by atoms with Crippen LogP contribution in [0.5, 0.6) is 0 Å². The van der Waals surface area contributed by atoms with Gasteiger partial charge < -0.3 is 10.2 Å². The molecule has 0 aromatic heterocycles. The highest BCUT2D eigenvalue weighted by Crippen LogP contribution is 2.28. The Balaban J connectivity index is 0.000000263. The average molecular weight is 399 g/mol. The topological polar surface area (TPSA) is 81.1 Å². The summed E-state index contributed by atoms with van der Waals surface area (Å²) in [5.41, 5.74) is 3.09. The van der Waals surface area contributed by atoms with E-state index in [2.05, 4.69) is 0 Å². The molecule has 0 aliphatic carbocycles. The molecule has 0 aliphatic heterocycles. The number of amides is 2. The molecule has 0 bridgehead atoms. The van der Waals surface area contributed by atoms with Crippen molar-refractivity contribution in [2.75, 3.05) is 23.9 Å². The SMILES string of the molecule is CN(C(=O)O)c1ccccc1Cl.Cc1cc(Cl)c(N(C)C(=O)O)cc1C. The summed E-state index contributed by atoms with van der Waals surface area (Å²) < 4.78 is 0. The molecular weight excluding hydrogens is 379 g/mol. The lowest BCUT2D eigenvalue weighted by molar-refractivity contribution is 0.202. The molecule has 0 saturated carbocycles. The molecule has 0 saturated heterocycles. The van der Waals surface area contributed by atoms with Gasteiger partial charge in [-0.05, 0) is 49.2 Å². The summed E-state index contributed by atoms with van der Waals surface area (Å²) in [4.78, 5) is 23.4. The number of aryl methyl sites for hydroxylation is 2. The van der Waals surface area contributed by atoms with Crippen molar-refractivity contribution in [3.05, 3.63) is 57.6 Å². The molecular formula is C18H20Cl2N2O4. The Morgan fingerprint density at radius 3 is 1.77 bits per heavy atom. The van der Waals surface area contributed by atoms with Gasteiger partial charge in [-0.1, -0.05) is 35.3 Å². The molecule has 0 aliphatic rings. The summed E-state index contributed by atoms with van der Waals surface area (Å²) >= 11 is 11.7. The molecule has 0 radical (unpaired) electrons. The van der Waals surface area contributed by atoms with Crippen molar-refractivity contribution in [3.63, 3.8) is 0 Å². The first-order chi connectivity index (χ1) is 12.1. The molecule has 2 aromatic carbocycles. The third-order valence-corrected chi connectivity index (χ3v) is 4.33. The first-order valence-electron chi connectivity index (χ1n) is 7.50. The van der Waals surface area contributed by atoms with E-state index >= 15 is 0 Å². The molecule has 0 unspecified atom stereocenters. The summed E-state index contributed by atoms with van der Waals surface area (Å²) in [6.07, 6.45) is -2.04. The number of hydrogen-bond donors (Lipinski definition) is 2. The third-order valence-electron chi connectivity index (χ3n) is 3.71. The van der Waals surface area contributed by atoms with Gasteiger partial charge in [-0.25, -0.2) is 9.59 Å². The molecule has 2 aromatic rings. The average Bonchev–Trinajstić information content (AvgIpc) is 2.57. The molecule has 26 heavy (non-hydrogen) atoms. The molecule has 2 rings (SSSR count). The van der Waals surface area contributed by atoms with Crippen LogP contribution in [0.4, 0.5) is 21.0 Å². The Kier molecular flexibility index (Phi) is 7.74. The van der Waals surface area contributed by atoms with Gasteiger partial charge in [-0.3, -0.25) is 9.80 Å². The molecule has 6 nitrogen and oxygen atoms in total. The highest BCUT2D eigenvalue weighted by molar-refractivity contribution is 6.34. The normalized spacial score (nSPS) is 9.77.